The van der Waals surface area contributed by atoms with Crippen LogP contribution in [0, 0.1) is 0 Å². The molecule has 0 saturated heterocycles. The molecule has 96 valence electrons. The predicted octanol–water partition coefficient (Wildman–Crippen LogP) is 3.59. The lowest BCUT2D eigenvalue weighted by Gasteiger charge is -2.23. The maximum atomic E-state index is 6.17. The smallest absolute Gasteiger partial charge is 0.0454 e. The highest BCUT2D eigenvalue weighted by Crippen LogP contribution is 2.26. The summed E-state index contributed by atoms with van der Waals surface area (Å²) in [4.78, 5) is 2.16. The van der Waals surface area contributed by atoms with Crippen molar-refractivity contribution in [3.05, 3.63) is 33.8 Å². The van der Waals surface area contributed by atoms with Crippen molar-refractivity contribution in [2.75, 3.05) is 20.6 Å². The third-order valence-corrected chi connectivity index (χ3v) is 3.18. The summed E-state index contributed by atoms with van der Waals surface area (Å²) in [6, 6.07) is 6.16. The van der Waals surface area contributed by atoms with Gasteiger partial charge in [0, 0.05) is 28.7 Å². The summed E-state index contributed by atoms with van der Waals surface area (Å²) in [5.74, 6) is 0. The number of benzene rings is 1. The van der Waals surface area contributed by atoms with Crippen LogP contribution in [0.15, 0.2) is 18.2 Å². The lowest BCUT2D eigenvalue weighted by Crippen LogP contribution is -2.37. The highest BCUT2D eigenvalue weighted by atomic mass is 35.5. The normalized spacial score (nSPS) is 15.0. The van der Waals surface area contributed by atoms with Crippen molar-refractivity contribution in [2.24, 2.45) is 0 Å². The van der Waals surface area contributed by atoms with E-state index < -0.39 is 0 Å². The Hall–Kier alpha value is -0.280. The molecule has 0 aliphatic heterocycles. The lowest BCUT2D eigenvalue weighted by molar-refractivity contribution is 0.334. The molecule has 1 aromatic carbocycles. The highest BCUT2D eigenvalue weighted by molar-refractivity contribution is 6.33. The fourth-order valence-electron chi connectivity index (χ4n) is 1.96. The van der Waals surface area contributed by atoms with E-state index in [2.05, 4.69) is 38.2 Å². The molecule has 17 heavy (non-hydrogen) atoms. The molecule has 1 N–H and O–H groups in total. The van der Waals surface area contributed by atoms with Crippen LogP contribution in [-0.4, -0.2) is 31.6 Å². The van der Waals surface area contributed by atoms with Gasteiger partial charge in [0.2, 0.25) is 0 Å². The first-order valence-electron chi connectivity index (χ1n) is 5.76. The van der Waals surface area contributed by atoms with Crippen LogP contribution in [-0.2, 0) is 0 Å². The molecule has 0 radical (unpaired) electrons. The van der Waals surface area contributed by atoms with E-state index in [0.717, 1.165) is 22.2 Å². The Labute approximate surface area is 114 Å². The zero-order valence-electron chi connectivity index (χ0n) is 10.8. The average molecular weight is 275 g/mol. The van der Waals surface area contributed by atoms with E-state index >= 15 is 0 Å². The Bertz CT molecular complexity index is 366. The SMILES string of the molecule is CC(CN(C)C)NC(C)c1cc(Cl)ccc1Cl. The molecule has 1 rings (SSSR count). The average Bonchev–Trinajstić information content (AvgIpc) is 2.20. The van der Waals surface area contributed by atoms with Crippen LogP contribution < -0.4 is 5.32 Å². The maximum Gasteiger partial charge on any atom is 0.0454 e. The topological polar surface area (TPSA) is 15.3 Å². The molecule has 1 aromatic rings. The van der Waals surface area contributed by atoms with Gasteiger partial charge in [-0.15, -0.1) is 0 Å². The maximum absolute atomic E-state index is 6.17. The van der Waals surface area contributed by atoms with Crippen molar-refractivity contribution in [3.63, 3.8) is 0 Å². The quantitative estimate of drug-likeness (QED) is 0.883. The van der Waals surface area contributed by atoms with Crippen molar-refractivity contribution >= 4 is 23.2 Å². The van der Waals surface area contributed by atoms with E-state index in [1.54, 1.807) is 0 Å². The Morgan fingerprint density at radius 2 is 1.88 bits per heavy atom. The lowest BCUT2D eigenvalue weighted by atomic mass is 10.1. The van der Waals surface area contributed by atoms with Crippen LogP contribution in [0.5, 0.6) is 0 Å². The summed E-state index contributed by atoms with van der Waals surface area (Å²) < 4.78 is 0. The third-order valence-electron chi connectivity index (χ3n) is 2.60. The molecule has 0 aliphatic rings. The van der Waals surface area contributed by atoms with E-state index in [9.17, 15) is 0 Å². The van der Waals surface area contributed by atoms with Crippen LogP contribution in [0.3, 0.4) is 0 Å². The van der Waals surface area contributed by atoms with E-state index in [4.69, 9.17) is 23.2 Å². The third kappa shape index (κ3) is 4.84. The fraction of sp³-hybridized carbons (Fsp3) is 0.538. The zero-order chi connectivity index (χ0) is 13.0. The largest absolute Gasteiger partial charge is 0.308 e. The monoisotopic (exact) mass is 274 g/mol. The van der Waals surface area contributed by atoms with Crippen LogP contribution in [0.25, 0.3) is 0 Å². The standard InChI is InChI=1S/C13H20Cl2N2/c1-9(8-17(3)4)16-10(2)12-7-11(14)5-6-13(12)15/h5-7,9-10,16H,8H2,1-4H3. The highest BCUT2D eigenvalue weighted by Gasteiger charge is 2.13. The van der Waals surface area contributed by atoms with Crippen molar-refractivity contribution in [2.45, 2.75) is 25.9 Å². The summed E-state index contributed by atoms with van der Waals surface area (Å²) >= 11 is 12.2. The second-order valence-electron chi connectivity index (χ2n) is 4.72. The molecule has 0 saturated carbocycles. The van der Waals surface area contributed by atoms with Gasteiger partial charge < -0.3 is 10.2 Å². The number of halogens is 2. The van der Waals surface area contributed by atoms with Gasteiger partial charge in [-0.25, -0.2) is 0 Å². The van der Waals surface area contributed by atoms with E-state index in [1.807, 2.05) is 18.2 Å². The molecule has 2 unspecified atom stereocenters. The number of nitrogens with one attached hydrogen (secondary N) is 1. The Balaban J connectivity index is 2.69. The first-order chi connectivity index (χ1) is 7.90. The van der Waals surface area contributed by atoms with Crippen molar-refractivity contribution in [1.29, 1.82) is 0 Å². The van der Waals surface area contributed by atoms with Gasteiger partial charge in [0.1, 0.15) is 0 Å². The molecule has 0 amide bonds. The molecular weight excluding hydrogens is 255 g/mol. The number of likely N-dealkylation sites (N-methyl/N-ethyl adjacent to an activating group) is 1. The first kappa shape index (κ1) is 14.8. The Morgan fingerprint density at radius 1 is 1.24 bits per heavy atom. The summed E-state index contributed by atoms with van der Waals surface area (Å²) in [6.07, 6.45) is 0. The van der Waals surface area contributed by atoms with E-state index in [-0.39, 0.29) is 6.04 Å². The first-order valence-corrected chi connectivity index (χ1v) is 6.51. The van der Waals surface area contributed by atoms with Gasteiger partial charge in [-0.2, -0.15) is 0 Å². The Morgan fingerprint density at radius 3 is 2.47 bits per heavy atom. The van der Waals surface area contributed by atoms with Gasteiger partial charge in [-0.3, -0.25) is 0 Å². The van der Waals surface area contributed by atoms with E-state index in [1.165, 1.54) is 0 Å². The molecule has 2 atom stereocenters. The minimum Gasteiger partial charge on any atom is -0.308 e. The summed E-state index contributed by atoms with van der Waals surface area (Å²) in [6.45, 7) is 5.25. The molecule has 0 spiro atoms. The molecule has 0 fully saturated rings. The van der Waals surface area contributed by atoms with Gasteiger partial charge in [0.25, 0.3) is 0 Å². The Kier molecular flexibility index (Phi) is 5.74. The summed E-state index contributed by atoms with van der Waals surface area (Å²) in [7, 11) is 4.13. The number of hydrogen-bond acceptors (Lipinski definition) is 2. The van der Waals surface area contributed by atoms with Gasteiger partial charge in [-0.05, 0) is 51.7 Å². The molecule has 0 bridgehead atoms. The fourth-order valence-corrected chi connectivity index (χ4v) is 2.43. The second-order valence-corrected chi connectivity index (χ2v) is 5.56. The summed E-state index contributed by atoms with van der Waals surface area (Å²) in [5, 5.41) is 4.99. The van der Waals surface area contributed by atoms with Gasteiger partial charge in [-0.1, -0.05) is 23.2 Å². The number of rotatable bonds is 5. The minimum atomic E-state index is 0.191. The number of nitrogens with zero attached hydrogens (tertiary/aromatic N) is 1. The molecule has 0 heterocycles. The minimum absolute atomic E-state index is 0.191. The molecule has 0 aliphatic carbocycles. The van der Waals surface area contributed by atoms with Crippen molar-refractivity contribution in [1.82, 2.24) is 10.2 Å². The van der Waals surface area contributed by atoms with Crippen molar-refractivity contribution < 1.29 is 0 Å². The second kappa shape index (κ2) is 6.60. The van der Waals surface area contributed by atoms with E-state index in [0.29, 0.717) is 6.04 Å². The van der Waals surface area contributed by atoms with Gasteiger partial charge in [0.15, 0.2) is 0 Å². The predicted molar refractivity (Wildman–Crippen MR) is 76.0 cm³/mol. The van der Waals surface area contributed by atoms with Crippen molar-refractivity contribution in [3.8, 4) is 0 Å². The van der Waals surface area contributed by atoms with Gasteiger partial charge in [0.05, 0.1) is 0 Å². The van der Waals surface area contributed by atoms with Crippen LogP contribution in [0.4, 0.5) is 0 Å². The zero-order valence-corrected chi connectivity index (χ0v) is 12.3. The summed E-state index contributed by atoms with van der Waals surface area (Å²) in [5.41, 5.74) is 1.05. The molecule has 4 heteroatoms. The van der Waals surface area contributed by atoms with Crippen LogP contribution >= 0.6 is 23.2 Å². The molecule has 0 aromatic heterocycles. The van der Waals surface area contributed by atoms with Gasteiger partial charge >= 0.3 is 0 Å². The van der Waals surface area contributed by atoms with Crippen LogP contribution in [0.2, 0.25) is 10.0 Å². The molecule has 2 nitrogen and oxygen atoms in total. The van der Waals surface area contributed by atoms with Crippen LogP contribution in [0.1, 0.15) is 25.5 Å². The number of hydrogen-bond donors (Lipinski definition) is 1. The molecular formula is C13H20Cl2N2.